The zero-order valence-corrected chi connectivity index (χ0v) is 26.7. The first-order valence-corrected chi connectivity index (χ1v) is 31.3. The van der Waals surface area contributed by atoms with Crippen molar-refractivity contribution in [3.8, 4) is 0 Å². The van der Waals surface area contributed by atoms with Gasteiger partial charge in [-0.05, 0) is 69.1 Å². The van der Waals surface area contributed by atoms with Crippen LogP contribution in [0.5, 0.6) is 0 Å². The van der Waals surface area contributed by atoms with E-state index in [1.54, 1.807) is 0 Å². The molecule has 188 valence electrons. The molecule has 2 saturated carbocycles. The van der Waals surface area contributed by atoms with Crippen LogP contribution in [0.3, 0.4) is 0 Å². The van der Waals surface area contributed by atoms with Crippen molar-refractivity contribution in [1.29, 1.82) is 0 Å². The molecule has 11 heteroatoms. The van der Waals surface area contributed by atoms with Crippen LogP contribution in [0.4, 0.5) is 0 Å². The Bertz CT molecular complexity index is 923. The Morgan fingerprint density at radius 2 is 1.24 bits per heavy atom. The van der Waals surface area contributed by atoms with E-state index < -0.39 is 9.14 Å². The van der Waals surface area contributed by atoms with E-state index in [1.807, 2.05) is 0 Å². The van der Waals surface area contributed by atoms with Crippen LogP contribution in [0.1, 0.15) is 83.6 Å². The van der Waals surface area contributed by atoms with E-state index in [4.69, 9.17) is 69.7 Å². The Morgan fingerprint density at radius 3 is 1.73 bits per heavy atom. The van der Waals surface area contributed by atoms with Gasteiger partial charge in [-0.15, -0.1) is 0 Å². The molecule has 2 aliphatic heterocycles. The van der Waals surface area contributed by atoms with Crippen LogP contribution < -0.4 is 0 Å². The summed E-state index contributed by atoms with van der Waals surface area (Å²) in [5, 5.41) is 5.48. The Kier molecular flexibility index (Phi) is 6.97. The molecule has 5 rings (SSSR count). The van der Waals surface area contributed by atoms with Gasteiger partial charge in [-0.2, -0.15) is 4.90 Å². The first-order chi connectivity index (χ1) is 14.9. The second-order valence-corrected chi connectivity index (χ2v) is 67.9. The van der Waals surface area contributed by atoms with Gasteiger partial charge in [0.15, 0.2) is 5.66 Å². The van der Waals surface area contributed by atoms with Crippen molar-refractivity contribution in [3.63, 3.8) is 0 Å². The molecule has 1 aromatic carbocycles. The minimum atomic E-state index is -5.42. The predicted octanol–water partition coefficient (Wildman–Crippen LogP) is 9.73. The molecule has 1 spiro atoms. The fourth-order valence-corrected chi connectivity index (χ4v) is 6.87. The summed E-state index contributed by atoms with van der Waals surface area (Å²) in [7, 11) is 25.0. The molecule has 0 radical (unpaired) electrons. The monoisotopic (exact) mass is 703 g/mol. The van der Waals surface area contributed by atoms with Crippen molar-refractivity contribution < 1.29 is 4.70 Å². The van der Waals surface area contributed by atoms with Crippen LogP contribution in [-0.2, 0) is 5.66 Å². The van der Waals surface area contributed by atoms with E-state index in [0.717, 1.165) is 12.8 Å². The molecule has 3 nitrogen and oxygen atoms in total. The third-order valence-corrected chi connectivity index (χ3v) is 8.06. The first-order valence-electron chi connectivity index (χ1n) is 11.6. The second kappa shape index (κ2) is 8.31. The van der Waals surface area contributed by atoms with Gasteiger partial charge in [0.1, 0.15) is 5.54 Å². The molecule has 1 aromatic rings. The first kappa shape index (κ1) is 27.7. The van der Waals surface area contributed by atoms with Gasteiger partial charge in [0.25, 0.3) is 10.7 Å². The van der Waals surface area contributed by atoms with Crippen molar-refractivity contribution in [2.45, 2.75) is 99.9 Å². The standard InChI is InChI=1S/C22H31ClN3.6ClH.Sb/c1-19(2)22(18-12-6-3-7-13-18)25(19)21(16-10-5-11-17-21)24-26(22)20(23)14-8-4-9-15-20;;;;;;;/h3,6-7,12-13H,4-5,8-11,14-17H2,1-2H3;6*1H;/q+1;;;;;;;+5/p-6. The van der Waals surface area contributed by atoms with Gasteiger partial charge in [0.05, 0.1) is 0 Å². The maximum absolute atomic E-state index is 7.38. The Morgan fingerprint density at radius 1 is 0.788 bits per heavy atom. The molecular formula is C22H31Cl7N3Sb. The van der Waals surface area contributed by atoms with E-state index >= 15 is 0 Å². The molecule has 2 atom stereocenters. The number of hydrogen-bond acceptors (Lipinski definition) is 2. The van der Waals surface area contributed by atoms with E-state index in [2.05, 4.69) is 53.8 Å². The summed E-state index contributed by atoms with van der Waals surface area (Å²) < 4.78 is 2.40. The van der Waals surface area contributed by atoms with E-state index in [-0.39, 0.29) is 21.9 Å². The van der Waals surface area contributed by atoms with Crippen molar-refractivity contribution in [2.24, 2.45) is 5.11 Å². The van der Waals surface area contributed by atoms with Gasteiger partial charge < -0.3 is 0 Å². The fourth-order valence-electron chi connectivity index (χ4n) is 6.45. The van der Waals surface area contributed by atoms with Gasteiger partial charge >= 0.3 is 62.1 Å². The van der Waals surface area contributed by atoms with Crippen LogP contribution in [-0.4, -0.2) is 34.9 Å². The average Bonchev–Trinajstić information content (AvgIpc) is 3.05. The van der Waals surface area contributed by atoms with Gasteiger partial charge in [-0.3, -0.25) is 0 Å². The molecule has 2 unspecified atom stereocenters. The molecule has 4 aliphatic rings. The Hall–Kier alpha value is 1.63. The molecule has 33 heavy (non-hydrogen) atoms. The minimum absolute atomic E-state index is 0.0447. The molecular weight excluding hydrogens is 676 g/mol. The van der Waals surface area contributed by atoms with Crippen LogP contribution in [0.2, 0.25) is 0 Å². The number of alkyl halides is 1. The third-order valence-electron chi connectivity index (χ3n) is 7.52. The maximum atomic E-state index is 7.38. The summed E-state index contributed by atoms with van der Waals surface area (Å²) >= 11 is 7.38. The summed E-state index contributed by atoms with van der Waals surface area (Å²) in [5.74, 6) is 0. The summed E-state index contributed by atoms with van der Waals surface area (Å²) in [6, 6.07) is 11.0. The third kappa shape index (κ3) is 5.58. The average molecular weight is 707 g/mol. The summed E-state index contributed by atoms with van der Waals surface area (Å²) in [5.41, 5.74) is 1.20. The molecule has 0 amide bonds. The topological polar surface area (TPSA) is 18.4 Å². The SMILES string of the molecule is CC1(C)N2C3(CCCCC3)N=[N+](C3(Cl)CCCCC3)C21c1ccccc1.[Cl][Sb-]([Cl])([Cl])([Cl])([Cl])[Cl]. The van der Waals surface area contributed by atoms with Crippen LogP contribution in [0, 0.1) is 0 Å². The molecule has 2 aliphatic carbocycles. The van der Waals surface area contributed by atoms with Crippen molar-refractivity contribution >= 4 is 73.7 Å². The Labute approximate surface area is 222 Å². The quantitative estimate of drug-likeness (QED) is 0.0985. The number of rotatable bonds is 2. The normalized spacial score (nSPS) is 33.6. The molecule has 1 saturated heterocycles. The number of benzene rings is 1. The van der Waals surface area contributed by atoms with Gasteiger partial charge in [-0.1, -0.05) is 47.9 Å². The van der Waals surface area contributed by atoms with Gasteiger partial charge in [0, 0.05) is 18.4 Å². The van der Waals surface area contributed by atoms with Gasteiger partial charge in [-0.25, -0.2) is 0 Å². The van der Waals surface area contributed by atoms with E-state index in [1.165, 1.54) is 56.9 Å². The van der Waals surface area contributed by atoms with E-state index in [9.17, 15) is 0 Å². The zero-order chi connectivity index (χ0) is 24.5. The van der Waals surface area contributed by atoms with Gasteiger partial charge in [0.2, 0.25) is 0 Å². The summed E-state index contributed by atoms with van der Waals surface area (Å²) in [4.78, 5) is 2.39. The summed E-state index contributed by atoms with van der Waals surface area (Å²) in [6.07, 6.45) is 12.1. The molecule has 0 bridgehead atoms. The fraction of sp³-hybridized carbons (Fsp3) is 0.727. The predicted molar refractivity (Wildman–Crippen MR) is 145 cm³/mol. The van der Waals surface area contributed by atoms with Crippen molar-refractivity contribution in [3.05, 3.63) is 35.9 Å². The van der Waals surface area contributed by atoms with E-state index in [0.29, 0.717) is 0 Å². The number of fused-ring (bicyclic) bond motifs is 2. The van der Waals surface area contributed by atoms with Crippen LogP contribution in [0.25, 0.3) is 0 Å². The van der Waals surface area contributed by atoms with Crippen LogP contribution >= 0.6 is 64.6 Å². The zero-order valence-electron chi connectivity index (χ0n) is 18.9. The van der Waals surface area contributed by atoms with Crippen LogP contribution in [0.15, 0.2) is 35.4 Å². The molecule has 3 fully saturated rings. The summed E-state index contributed by atoms with van der Waals surface area (Å²) in [6.45, 7) is 4.81. The Balaban J connectivity index is 0.000000325. The number of halogens is 7. The molecule has 0 aromatic heterocycles. The second-order valence-electron chi connectivity index (χ2n) is 10.3. The number of nitrogens with zero attached hydrogens (tertiary/aromatic N) is 3. The van der Waals surface area contributed by atoms with Crippen molar-refractivity contribution in [1.82, 2.24) is 4.90 Å². The number of azo groups is 2. The molecule has 2 heterocycles. The molecule has 0 N–H and O–H groups in total. The van der Waals surface area contributed by atoms with Crippen molar-refractivity contribution in [2.75, 3.05) is 0 Å². The number of hydrogen-bond donors (Lipinski definition) is 0.